The Bertz CT molecular complexity index is 1120. The first-order chi connectivity index (χ1) is 12.2. The van der Waals surface area contributed by atoms with Crippen LogP contribution in [0.25, 0.3) is 27.7 Å². The number of aliphatic hydroxyl groups excluding tert-OH is 1. The second kappa shape index (κ2) is 6.10. The van der Waals surface area contributed by atoms with E-state index in [2.05, 4.69) is 10.1 Å². The molecule has 7 heteroatoms. The van der Waals surface area contributed by atoms with Crippen molar-refractivity contribution in [2.24, 2.45) is 0 Å². The molecule has 1 aromatic carbocycles. The van der Waals surface area contributed by atoms with Crippen LogP contribution in [0.5, 0.6) is 0 Å². The molecule has 0 atom stereocenters. The number of hydrogen-bond acceptors (Lipinski definition) is 4. The van der Waals surface area contributed by atoms with Gasteiger partial charge in [-0.05, 0) is 30.2 Å². The molecule has 6 nitrogen and oxygen atoms in total. The van der Waals surface area contributed by atoms with Gasteiger partial charge in [-0.2, -0.15) is 5.10 Å². The van der Waals surface area contributed by atoms with Gasteiger partial charge in [0.1, 0.15) is 5.82 Å². The van der Waals surface area contributed by atoms with Gasteiger partial charge in [-0.3, -0.25) is 4.79 Å². The van der Waals surface area contributed by atoms with Gasteiger partial charge in [0.05, 0.1) is 17.1 Å². The summed E-state index contributed by atoms with van der Waals surface area (Å²) >= 11 is 0. The van der Waals surface area contributed by atoms with E-state index in [0.29, 0.717) is 29.5 Å². The number of aromatic nitrogens is 4. The van der Waals surface area contributed by atoms with Gasteiger partial charge < -0.3 is 9.67 Å². The molecule has 25 heavy (non-hydrogen) atoms. The maximum atomic E-state index is 13.1. The summed E-state index contributed by atoms with van der Waals surface area (Å²) in [5.74, 6) is -0.304. The molecule has 126 valence electrons. The van der Waals surface area contributed by atoms with Crippen molar-refractivity contribution in [3.8, 4) is 11.1 Å². The molecular formula is C18H15FN4O2. The van der Waals surface area contributed by atoms with Crippen molar-refractivity contribution in [2.45, 2.75) is 13.0 Å². The molecule has 0 aliphatic rings. The number of hydrogen-bond donors (Lipinski definition) is 1. The molecule has 3 heterocycles. The smallest absolute Gasteiger partial charge is 0.261 e. The number of halogens is 1. The van der Waals surface area contributed by atoms with Crippen molar-refractivity contribution in [3.05, 3.63) is 65.1 Å². The van der Waals surface area contributed by atoms with Crippen molar-refractivity contribution in [1.82, 2.24) is 19.2 Å². The van der Waals surface area contributed by atoms with Crippen molar-refractivity contribution in [2.75, 3.05) is 6.61 Å². The first kappa shape index (κ1) is 15.5. The number of fused-ring (bicyclic) bond motifs is 3. The zero-order valence-corrected chi connectivity index (χ0v) is 13.3. The van der Waals surface area contributed by atoms with E-state index in [1.807, 2.05) is 6.07 Å². The van der Waals surface area contributed by atoms with Crippen LogP contribution in [0.3, 0.4) is 0 Å². The van der Waals surface area contributed by atoms with Crippen molar-refractivity contribution in [1.29, 1.82) is 0 Å². The van der Waals surface area contributed by atoms with Crippen molar-refractivity contribution in [3.63, 3.8) is 0 Å². The average Bonchev–Trinajstić information content (AvgIpc) is 3.06. The lowest BCUT2D eigenvalue weighted by Crippen LogP contribution is -2.21. The molecule has 3 aromatic heterocycles. The molecule has 0 unspecified atom stereocenters. The largest absolute Gasteiger partial charge is 0.396 e. The molecule has 0 bridgehead atoms. The Balaban J connectivity index is 1.89. The number of benzene rings is 1. The molecule has 0 amide bonds. The lowest BCUT2D eigenvalue weighted by molar-refractivity contribution is 0.279. The van der Waals surface area contributed by atoms with Crippen LogP contribution in [0.4, 0.5) is 4.39 Å². The highest BCUT2D eigenvalue weighted by molar-refractivity contribution is 5.84. The van der Waals surface area contributed by atoms with E-state index >= 15 is 0 Å². The zero-order chi connectivity index (χ0) is 17.4. The molecule has 1 N–H and O–H groups in total. The van der Waals surface area contributed by atoms with Crippen LogP contribution in [0.15, 0.2) is 53.7 Å². The summed E-state index contributed by atoms with van der Waals surface area (Å²) in [4.78, 5) is 16.9. The van der Waals surface area contributed by atoms with Crippen LogP contribution in [0, 0.1) is 5.82 Å². The second-order valence-corrected chi connectivity index (χ2v) is 5.75. The third kappa shape index (κ3) is 2.58. The SMILES string of the molecule is O=c1c2cnc3c(-c4ccc(F)cc4)cnn3c2ccn1CCCO. The first-order valence-corrected chi connectivity index (χ1v) is 7.92. The average molecular weight is 338 g/mol. The van der Waals surface area contributed by atoms with Gasteiger partial charge in [0.15, 0.2) is 5.65 Å². The molecule has 0 saturated carbocycles. The van der Waals surface area contributed by atoms with Crippen LogP contribution in [-0.4, -0.2) is 30.9 Å². The van der Waals surface area contributed by atoms with Crippen molar-refractivity contribution >= 4 is 16.6 Å². The van der Waals surface area contributed by atoms with E-state index in [9.17, 15) is 9.18 Å². The van der Waals surface area contributed by atoms with E-state index in [1.165, 1.54) is 18.3 Å². The second-order valence-electron chi connectivity index (χ2n) is 5.75. The monoisotopic (exact) mass is 338 g/mol. The van der Waals surface area contributed by atoms with Crippen molar-refractivity contribution < 1.29 is 9.50 Å². The normalized spacial score (nSPS) is 11.4. The van der Waals surface area contributed by atoms with Gasteiger partial charge >= 0.3 is 0 Å². The van der Waals surface area contributed by atoms with E-state index in [-0.39, 0.29) is 18.0 Å². The highest BCUT2D eigenvalue weighted by Gasteiger charge is 2.13. The van der Waals surface area contributed by atoms with Crippen LogP contribution in [-0.2, 0) is 6.54 Å². The molecule has 4 aromatic rings. The van der Waals surface area contributed by atoms with Gasteiger partial charge in [-0.15, -0.1) is 0 Å². The minimum absolute atomic E-state index is 0.0297. The van der Waals surface area contributed by atoms with Crippen LogP contribution >= 0.6 is 0 Å². The Labute approximate surface area is 141 Å². The Morgan fingerprint density at radius 3 is 2.68 bits per heavy atom. The van der Waals surface area contributed by atoms with E-state index in [4.69, 9.17) is 5.11 Å². The van der Waals surface area contributed by atoms with Crippen LogP contribution in [0.1, 0.15) is 6.42 Å². The number of aryl methyl sites for hydroxylation is 1. The minimum Gasteiger partial charge on any atom is -0.396 e. The fourth-order valence-electron chi connectivity index (χ4n) is 2.91. The van der Waals surface area contributed by atoms with Gasteiger partial charge in [0.25, 0.3) is 5.56 Å². The van der Waals surface area contributed by atoms with E-state index in [1.54, 1.807) is 33.6 Å². The van der Waals surface area contributed by atoms with E-state index < -0.39 is 0 Å². The zero-order valence-electron chi connectivity index (χ0n) is 13.3. The number of nitrogens with zero attached hydrogens (tertiary/aromatic N) is 4. The van der Waals surface area contributed by atoms with Crippen LogP contribution in [0.2, 0.25) is 0 Å². The highest BCUT2D eigenvalue weighted by atomic mass is 19.1. The molecule has 0 spiro atoms. The topological polar surface area (TPSA) is 72.4 Å². The summed E-state index contributed by atoms with van der Waals surface area (Å²) in [6.45, 7) is 0.477. The Morgan fingerprint density at radius 1 is 1.12 bits per heavy atom. The lowest BCUT2D eigenvalue weighted by atomic mass is 10.1. The lowest BCUT2D eigenvalue weighted by Gasteiger charge is -2.07. The third-order valence-corrected chi connectivity index (χ3v) is 4.18. The standard InChI is InChI=1S/C18H15FN4O2/c19-13-4-2-12(3-5-13)14-11-21-23-16-6-8-22(7-1-9-24)18(25)15(16)10-20-17(14)23/h2-6,8,10-11,24H,1,7,9H2. The summed E-state index contributed by atoms with van der Waals surface area (Å²) in [5.41, 5.74) is 2.67. The van der Waals surface area contributed by atoms with Gasteiger partial charge in [0, 0.05) is 31.1 Å². The molecule has 0 radical (unpaired) electrons. The van der Waals surface area contributed by atoms with Gasteiger partial charge in [0.2, 0.25) is 0 Å². The maximum Gasteiger partial charge on any atom is 0.261 e. The van der Waals surface area contributed by atoms with Crippen LogP contribution < -0.4 is 5.56 Å². The molecule has 0 saturated heterocycles. The fourth-order valence-corrected chi connectivity index (χ4v) is 2.91. The molecular weight excluding hydrogens is 323 g/mol. The molecule has 0 fully saturated rings. The summed E-state index contributed by atoms with van der Waals surface area (Å²) in [7, 11) is 0. The summed E-state index contributed by atoms with van der Waals surface area (Å²) in [6, 6.07) is 7.93. The van der Waals surface area contributed by atoms with E-state index in [0.717, 1.165) is 11.1 Å². The molecule has 4 rings (SSSR count). The maximum absolute atomic E-state index is 13.1. The predicted octanol–water partition coefficient (Wildman–Crippen LogP) is 2.23. The summed E-state index contributed by atoms with van der Waals surface area (Å²) in [5, 5.41) is 13.7. The Hall–Kier alpha value is -3.06. The van der Waals surface area contributed by atoms with Gasteiger partial charge in [-0.1, -0.05) is 12.1 Å². The third-order valence-electron chi connectivity index (χ3n) is 4.18. The number of pyridine rings is 1. The first-order valence-electron chi connectivity index (χ1n) is 7.92. The Morgan fingerprint density at radius 2 is 1.92 bits per heavy atom. The fraction of sp³-hybridized carbons (Fsp3) is 0.167. The molecule has 0 aliphatic carbocycles. The number of aliphatic hydroxyl groups is 1. The quantitative estimate of drug-likeness (QED) is 0.619. The molecule has 0 aliphatic heterocycles. The predicted molar refractivity (Wildman–Crippen MR) is 91.8 cm³/mol. The summed E-state index contributed by atoms with van der Waals surface area (Å²) < 4.78 is 16.3. The minimum atomic E-state index is -0.304. The summed E-state index contributed by atoms with van der Waals surface area (Å²) in [6.07, 6.45) is 5.40. The van der Waals surface area contributed by atoms with Gasteiger partial charge in [-0.25, -0.2) is 13.9 Å². The number of rotatable bonds is 4. The highest BCUT2D eigenvalue weighted by Crippen LogP contribution is 2.25. The Kier molecular flexibility index (Phi) is 3.77.